The molecule has 1 aromatic carbocycles. The molecule has 1 saturated carbocycles. The Bertz CT molecular complexity index is 508. The molecule has 1 aliphatic carbocycles. The van der Waals surface area contributed by atoms with Crippen LogP contribution in [0.3, 0.4) is 0 Å². The normalized spacial score (nSPS) is 16.8. The van der Waals surface area contributed by atoms with Crippen LogP contribution in [0.1, 0.15) is 24.8 Å². The number of aliphatic imine (C=N–C) groups is 1. The van der Waals surface area contributed by atoms with E-state index in [4.69, 9.17) is 0 Å². The average Bonchev–Trinajstić information content (AvgIpc) is 2.32. The number of hydrogen-bond donors (Lipinski definition) is 0. The van der Waals surface area contributed by atoms with E-state index in [1.165, 1.54) is 9.79 Å². The standard InChI is InChI=1S/C13H14BrNOS2/c1-17-11-7-9(6-10(14)12(11)18-2)13(15-8-16)4-3-5-13/h6-7H,3-5H2,1-2H3. The Morgan fingerprint density at radius 1 is 1.33 bits per heavy atom. The van der Waals surface area contributed by atoms with Gasteiger partial charge in [0.05, 0.1) is 5.54 Å². The number of carbonyl (C=O) groups excluding carboxylic acids is 1. The van der Waals surface area contributed by atoms with Crippen LogP contribution in [0, 0.1) is 0 Å². The summed E-state index contributed by atoms with van der Waals surface area (Å²) in [7, 11) is 0. The fourth-order valence-corrected chi connectivity index (χ4v) is 4.88. The van der Waals surface area contributed by atoms with Crippen molar-refractivity contribution in [3.05, 3.63) is 22.2 Å². The van der Waals surface area contributed by atoms with Gasteiger partial charge in [-0.15, -0.1) is 23.5 Å². The predicted molar refractivity (Wildman–Crippen MR) is 81.4 cm³/mol. The molecule has 0 spiro atoms. The van der Waals surface area contributed by atoms with E-state index in [0.29, 0.717) is 0 Å². The van der Waals surface area contributed by atoms with Gasteiger partial charge in [-0.1, -0.05) is 0 Å². The third kappa shape index (κ3) is 2.42. The lowest BCUT2D eigenvalue weighted by atomic mass is 9.72. The molecular formula is C13H14BrNOS2. The molecule has 2 nitrogen and oxygen atoms in total. The van der Waals surface area contributed by atoms with Crippen molar-refractivity contribution in [3.8, 4) is 0 Å². The summed E-state index contributed by atoms with van der Waals surface area (Å²) in [6.07, 6.45) is 8.90. The zero-order chi connectivity index (χ0) is 13.2. The van der Waals surface area contributed by atoms with Gasteiger partial charge in [-0.2, -0.15) is 4.99 Å². The minimum atomic E-state index is -0.314. The van der Waals surface area contributed by atoms with Gasteiger partial charge >= 0.3 is 0 Å². The van der Waals surface area contributed by atoms with Crippen molar-refractivity contribution >= 4 is 45.5 Å². The third-order valence-corrected chi connectivity index (χ3v) is 6.04. The highest BCUT2D eigenvalue weighted by atomic mass is 79.9. The van der Waals surface area contributed by atoms with Crippen molar-refractivity contribution in [2.24, 2.45) is 4.99 Å². The zero-order valence-corrected chi connectivity index (χ0v) is 13.5. The summed E-state index contributed by atoms with van der Waals surface area (Å²) in [4.78, 5) is 17.2. The molecule has 0 bridgehead atoms. The molecular weight excluding hydrogens is 330 g/mol. The average molecular weight is 344 g/mol. The van der Waals surface area contributed by atoms with Gasteiger partial charge in [-0.25, -0.2) is 4.79 Å². The van der Waals surface area contributed by atoms with Gasteiger partial charge < -0.3 is 0 Å². The van der Waals surface area contributed by atoms with Crippen molar-refractivity contribution in [2.45, 2.75) is 34.6 Å². The van der Waals surface area contributed by atoms with E-state index in [0.717, 1.165) is 29.3 Å². The smallest absolute Gasteiger partial charge is 0.211 e. The van der Waals surface area contributed by atoms with Crippen LogP contribution in [-0.4, -0.2) is 18.6 Å². The summed E-state index contributed by atoms with van der Waals surface area (Å²) >= 11 is 7.08. The predicted octanol–water partition coefficient (Wildman–Crippen LogP) is 4.61. The van der Waals surface area contributed by atoms with Crippen molar-refractivity contribution in [1.82, 2.24) is 0 Å². The molecule has 18 heavy (non-hydrogen) atoms. The monoisotopic (exact) mass is 343 g/mol. The molecule has 0 heterocycles. The molecule has 1 aliphatic rings. The first kappa shape index (κ1) is 14.2. The molecule has 0 radical (unpaired) electrons. The van der Waals surface area contributed by atoms with E-state index in [1.807, 2.05) is 0 Å². The lowest BCUT2D eigenvalue weighted by Crippen LogP contribution is -2.32. The molecule has 1 fully saturated rings. The van der Waals surface area contributed by atoms with Crippen molar-refractivity contribution in [1.29, 1.82) is 0 Å². The van der Waals surface area contributed by atoms with Gasteiger partial charge in [0.25, 0.3) is 0 Å². The summed E-state index contributed by atoms with van der Waals surface area (Å²) in [5.74, 6) is 0. The lowest BCUT2D eigenvalue weighted by molar-refractivity contribution is 0.255. The van der Waals surface area contributed by atoms with Crippen LogP contribution >= 0.6 is 39.5 Å². The van der Waals surface area contributed by atoms with E-state index < -0.39 is 0 Å². The van der Waals surface area contributed by atoms with E-state index in [2.05, 4.69) is 45.6 Å². The van der Waals surface area contributed by atoms with Gasteiger partial charge in [-0.3, -0.25) is 0 Å². The van der Waals surface area contributed by atoms with Gasteiger partial charge in [0.1, 0.15) is 0 Å². The molecule has 96 valence electrons. The zero-order valence-electron chi connectivity index (χ0n) is 10.3. The number of benzene rings is 1. The van der Waals surface area contributed by atoms with Gasteiger partial charge in [-0.05, 0) is 65.4 Å². The second-order valence-corrected chi connectivity index (χ2v) is 6.80. The highest BCUT2D eigenvalue weighted by Crippen LogP contribution is 2.48. The van der Waals surface area contributed by atoms with E-state index in [1.54, 1.807) is 29.6 Å². The fourth-order valence-electron chi connectivity index (χ4n) is 2.25. The SMILES string of the molecule is CSc1cc(C2(N=C=O)CCC2)cc(Br)c1SC. The van der Waals surface area contributed by atoms with E-state index in [-0.39, 0.29) is 5.54 Å². The van der Waals surface area contributed by atoms with Crippen LogP contribution in [0.15, 0.2) is 31.4 Å². The first-order chi connectivity index (χ1) is 8.66. The number of rotatable bonds is 4. The Balaban J connectivity index is 2.52. The number of nitrogens with zero attached hydrogens (tertiary/aromatic N) is 1. The highest BCUT2D eigenvalue weighted by Gasteiger charge is 2.39. The van der Waals surface area contributed by atoms with Crippen LogP contribution in [-0.2, 0) is 10.3 Å². The number of hydrogen-bond acceptors (Lipinski definition) is 4. The Hall–Kier alpha value is -0.220. The van der Waals surface area contributed by atoms with Crippen molar-refractivity contribution in [3.63, 3.8) is 0 Å². The molecule has 0 N–H and O–H groups in total. The van der Waals surface area contributed by atoms with E-state index >= 15 is 0 Å². The van der Waals surface area contributed by atoms with Gasteiger partial charge in [0, 0.05) is 14.3 Å². The molecule has 0 atom stereocenters. The Morgan fingerprint density at radius 3 is 2.50 bits per heavy atom. The first-order valence-corrected chi connectivity index (χ1v) is 8.92. The van der Waals surface area contributed by atoms with Crippen LogP contribution in [0.2, 0.25) is 0 Å². The summed E-state index contributed by atoms with van der Waals surface area (Å²) < 4.78 is 1.09. The molecule has 0 saturated heterocycles. The Labute approximate surface area is 124 Å². The quantitative estimate of drug-likeness (QED) is 0.454. The second kappa shape index (κ2) is 5.83. The summed E-state index contributed by atoms with van der Waals surface area (Å²) in [5.41, 5.74) is 0.817. The molecule has 5 heteroatoms. The van der Waals surface area contributed by atoms with Crippen molar-refractivity contribution < 1.29 is 4.79 Å². The Kier molecular flexibility index (Phi) is 4.59. The fraction of sp³-hybridized carbons (Fsp3) is 0.462. The van der Waals surface area contributed by atoms with Gasteiger partial charge in [0.15, 0.2) is 0 Å². The van der Waals surface area contributed by atoms with Gasteiger partial charge in [0.2, 0.25) is 6.08 Å². The van der Waals surface area contributed by atoms with Crippen LogP contribution < -0.4 is 0 Å². The minimum Gasteiger partial charge on any atom is -0.211 e. The summed E-state index contributed by atoms with van der Waals surface area (Å²) in [6.45, 7) is 0. The topological polar surface area (TPSA) is 29.4 Å². The highest BCUT2D eigenvalue weighted by molar-refractivity contribution is 9.10. The lowest BCUT2D eigenvalue weighted by Gasteiger charge is -2.37. The molecule has 1 aromatic rings. The van der Waals surface area contributed by atoms with Crippen LogP contribution in [0.5, 0.6) is 0 Å². The summed E-state index contributed by atoms with van der Waals surface area (Å²) in [6, 6.07) is 4.27. The largest absolute Gasteiger partial charge is 0.235 e. The second-order valence-electron chi connectivity index (χ2n) is 4.28. The van der Waals surface area contributed by atoms with Crippen molar-refractivity contribution in [2.75, 3.05) is 12.5 Å². The molecule has 0 aliphatic heterocycles. The van der Waals surface area contributed by atoms with Crippen LogP contribution in [0.4, 0.5) is 0 Å². The summed E-state index contributed by atoms with van der Waals surface area (Å²) in [5, 5.41) is 0. The van der Waals surface area contributed by atoms with E-state index in [9.17, 15) is 4.79 Å². The maximum atomic E-state index is 10.6. The molecule has 0 unspecified atom stereocenters. The molecule has 2 rings (SSSR count). The molecule has 0 aromatic heterocycles. The minimum absolute atomic E-state index is 0.314. The number of isocyanates is 1. The maximum Gasteiger partial charge on any atom is 0.235 e. The maximum absolute atomic E-state index is 10.6. The first-order valence-electron chi connectivity index (χ1n) is 5.68. The number of halogens is 1. The third-order valence-electron chi connectivity index (χ3n) is 3.41. The molecule has 0 amide bonds. The Morgan fingerprint density at radius 2 is 2.06 bits per heavy atom. The van der Waals surface area contributed by atoms with Crippen LogP contribution in [0.25, 0.3) is 0 Å². The number of thioether (sulfide) groups is 2.